The molecule has 1 fully saturated rings. The molecule has 0 spiro atoms. The van der Waals surface area contributed by atoms with Crippen molar-refractivity contribution < 1.29 is 28.2 Å². The average Bonchev–Trinajstić information content (AvgIpc) is 3.02. The Morgan fingerprint density at radius 2 is 2.00 bits per heavy atom. The highest BCUT2D eigenvalue weighted by Gasteiger charge is 2.36. The summed E-state index contributed by atoms with van der Waals surface area (Å²) in [5.41, 5.74) is 0.934. The van der Waals surface area contributed by atoms with Gasteiger partial charge in [0.1, 0.15) is 19.0 Å². The molecular formula is C23H18BrFN2O5S. The molecule has 1 N–H and O–H groups in total. The highest BCUT2D eigenvalue weighted by atomic mass is 79.9. The van der Waals surface area contributed by atoms with Crippen molar-refractivity contribution in [3.63, 3.8) is 0 Å². The molecule has 1 saturated heterocycles. The van der Waals surface area contributed by atoms with Gasteiger partial charge >= 0.3 is 0 Å². The van der Waals surface area contributed by atoms with Gasteiger partial charge in [-0.1, -0.05) is 5.92 Å². The number of thioether (sulfide) groups is 1. The monoisotopic (exact) mass is 532 g/mol. The van der Waals surface area contributed by atoms with Crippen molar-refractivity contribution in [1.82, 2.24) is 4.90 Å². The molecule has 0 unspecified atom stereocenters. The summed E-state index contributed by atoms with van der Waals surface area (Å²) >= 11 is 4.13. The van der Waals surface area contributed by atoms with Crippen LogP contribution in [0.2, 0.25) is 0 Å². The molecule has 0 aromatic heterocycles. The number of nitrogens with zero attached hydrogens (tertiary/aromatic N) is 1. The minimum atomic E-state index is -0.596. The minimum Gasteiger partial charge on any atom is -0.490 e. The predicted molar refractivity (Wildman–Crippen MR) is 127 cm³/mol. The first-order valence-corrected chi connectivity index (χ1v) is 11.3. The number of nitrogens with one attached hydrogen (secondary N) is 1. The van der Waals surface area contributed by atoms with E-state index in [2.05, 4.69) is 27.2 Å². The molecule has 0 aliphatic carbocycles. The lowest BCUT2D eigenvalue weighted by Gasteiger charge is -2.13. The van der Waals surface area contributed by atoms with Crippen molar-refractivity contribution in [2.24, 2.45) is 0 Å². The second-order valence-corrected chi connectivity index (χ2v) is 8.43. The van der Waals surface area contributed by atoms with Crippen molar-refractivity contribution in [2.75, 3.05) is 25.1 Å². The van der Waals surface area contributed by atoms with Gasteiger partial charge in [0.25, 0.3) is 11.1 Å². The van der Waals surface area contributed by atoms with E-state index in [4.69, 9.17) is 15.9 Å². The third kappa shape index (κ3) is 6.15. The summed E-state index contributed by atoms with van der Waals surface area (Å²) in [7, 11) is 0. The number of amides is 3. The molecule has 7 nitrogen and oxygen atoms in total. The van der Waals surface area contributed by atoms with Gasteiger partial charge in [0.05, 0.1) is 16.0 Å². The molecular weight excluding hydrogens is 515 g/mol. The maximum absolute atomic E-state index is 13.0. The lowest BCUT2D eigenvalue weighted by Crippen LogP contribution is -2.36. The molecule has 10 heteroatoms. The Labute approximate surface area is 202 Å². The van der Waals surface area contributed by atoms with E-state index in [0.29, 0.717) is 33.8 Å². The molecule has 0 saturated carbocycles. The van der Waals surface area contributed by atoms with Crippen LogP contribution in [0.4, 0.5) is 14.9 Å². The lowest BCUT2D eigenvalue weighted by molar-refractivity contribution is -0.127. The zero-order chi connectivity index (χ0) is 24.0. The van der Waals surface area contributed by atoms with Gasteiger partial charge in [0, 0.05) is 5.69 Å². The first kappa shape index (κ1) is 24.4. The molecule has 0 bridgehead atoms. The fourth-order valence-electron chi connectivity index (χ4n) is 2.85. The fourth-order valence-corrected chi connectivity index (χ4v) is 4.27. The van der Waals surface area contributed by atoms with Crippen molar-refractivity contribution in [3.05, 3.63) is 57.2 Å². The van der Waals surface area contributed by atoms with E-state index >= 15 is 0 Å². The molecule has 170 valence electrons. The number of imide groups is 1. The van der Waals surface area contributed by atoms with E-state index in [1.165, 1.54) is 30.3 Å². The van der Waals surface area contributed by atoms with Gasteiger partial charge in [0.2, 0.25) is 5.91 Å². The maximum Gasteiger partial charge on any atom is 0.294 e. The summed E-state index contributed by atoms with van der Waals surface area (Å²) in [6.07, 6.45) is 6.78. The number of ether oxygens (including phenoxy) is 2. The molecule has 1 aliphatic heterocycles. The standard InChI is InChI=1S/C23H18BrFN2O5S/c1-3-9-32-21-17(24)10-14(11-18(21)31-4-2)12-19-22(29)27(23(30)33-19)13-20(28)26-16-7-5-15(25)6-8-16/h1,5-8,10-12H,4,9,13H2,2H3,(H,26,28)/b19-12-. The Morgan fingerprint density at radius 1 is 1.27 bits per heavy atom. The second-order valence-electron chi connectivity index (χ2n) is 6.58. The second kappa shape index (κ2) is 11.0. The summed E-state index contributed by atoms with van der Waals surface area (Å²) in [6.45, 7) is 1.78. The van der Waals surface area contributed by atoms with Crippen LogP contribution in [0.25, 0.3) is 6.08 Å². The molecule has 2 aromatic rings. The number of hydrogen-bond donors (Lipinski definition) is 1. The molecule has 0 radical (unpaired) electrons. The van der Waals surface area contributed by atoms with Gasteiger partial charge in [-0.3, -0.25) is 19.3 Å². The largest absolute Gasteiger partial charge is 0.490 e. The van der Waals surface area contributed by atoms with Gasteiger partial charge in [-0.2, -0.15) is 0 Å². The quantitative estimate of drug-likeness (QED) is 0.392. The third-order valence-electron chi connectivity index (χ3n) is 4.23. The molecule has 2 aromatic carbocycles. The van der Waals surface area contributed by atoms with E-state index in [9.17, 15) is 18.8 Å². The van der Waals surface area contributed by atoms with Gasteiger partial charge in [-0.25, -0.2) is 4.39 Å². The zero-order valence-electron chi connectivity index (χ0n) is 17.4. The highest BCUT2D eigenvalue weighted by molar-refractivity contribution is 9.10. The number of carbonyl (C=O) groups is 3. The van der Waals surface area contributed by atoms with Crippen LogP contribution in [0.15, 0.2) is 45.8 Å². The number of terminal acetylenes is 1. The first-order valence-electron chi connectivity index (χ1n) is 9.65. The number of anilines is 1. The van der Waals surface area contributed by atoms with E-state index in [-0.39, 0.29) is 11.5 Å². The van der Waals surface area contributed by atoms with Crippen LogP contribution in [0, 0.1) is 18.2 Å². The number of carbonyl (C=O) groups excluding carboxylic acids is 3. The Hall–Kier alpha value is -3.29. The van der Waals surface area contributed by atoms with Crippen LogP contribution in [0.5, 0.6) is 11.5 Å². The van der Waals surface area contributed by atoms with Crippen LogP contribution in [-0.2, 0) is 9.59 Å². The van der Waals surface area contributed by atoms with Gasteiger partial charge in [0.15, 0.2) is 11.5 Å². The Bertz CT molecular complexity index is 1160. The van der Waals surface area contributed by atoms with Crippen LogP contribution in [-0.4, -0.2) is 41.7 Å². The van der Waals surface area contributed by atoms with Crippen molar-refractivity contribution in [3.8, 4) is 23.8 Å². The van der Waals surface area contributed by atoms with Crippen LogP contribution < -0.4 is 14.8 Å². The van der Waals surface area contributed by atoms with Gasteiger partial charge < -0.3 is 14.8 Å². The molecule has 3 amide bonds. The number of benzene rings is 2. The molecule has 3 rings (SSSR count). The maximum atomic E-state index is 13.0. The SMILES string of the molecule is C#CCOc1c(Br)cc(/C=C2\SC(=O)N(CC(=O)Nc3ccc(F)cc3)C2=O)cc1OCC. The molecule has 33 heavy (non-hydrogen) atoms. The van der Waals surface area contributed by atoms with E-state index in [1.807, 2.05) is 6.92 Å². The summed E-state index contributed by atoms with van der Waals surface area (Å²) in [4.78, 5) is 38.4. The van der Waals surface area contributed by atoms with E-state index in [1.54, 1.807) is 12.1 Å². The number of hydrogen-bond acceptors (Lipinski definition) is 6. The molecule has 1 heterocycles. The zero-order valence-corrected chi connectivity index (χ0v) is 19.8. The summed E-state index contributed by atoms with van der Waals surface area (Å²) in [6, 6.07) is 8.50. The average molecular weight is 533 g/mol. The van der Waals surface area contributed by atoms with Crippen molar-refractivity contribution in [1.29, 1.82) is 0 Å². The highest BCUT2D eigenvalue weighted by Crippen LogP contribution is 2.39. The number of halogens is 2. The molecule has 1 aliphatic rings. The summed E-state index contributed by atoms with van der Waals surface area (Å²) < 4.78 is 24.7. The summed E-state index contributed by atoms with van der Waals surface area (Å²) in [5.74, 6) is 1.61. The van der Waals surface area contributed by atoms with E-state index < -0.39 is 29.4 Å². The smallest absolute Gasteiger partial charge is 0.294 e. The fraction of sp³-hybridized carbons (Fsp3) is 0.174. The van der Waals surface area contributed by atoms with Crippen molar-refractivity contribution in [2.45, 2.75) is 6.92 Å². The van der Waals surface area contributed by atoms with Crippen molar-refractivity contribution >= 4 is 56.5 Å². The lowest BCUT2D eigenvalue weighted by atomic mass is 10.2. The topological polar surface area (TPSA) is 84.9 Å². The number of rotatable bonds is 8. The Morgan fingerprint density at radius 3 is 2.67 bits per heavy atom. The van der Waals surface area contributed by atoms with Gasteiger partial charge in [-0.15, -0.1) is 6.42 Å². The summed E-state index contributed by atoms with van der Waals surface area (Å²) in [5, 5.41) is 1.95. The van der Waals surface area contributed by atoms with Crippen LogP contribution in [0.3, 0.4) is 0 Å². The van der Waals surface area contributed by atoms with Gasteiger partial charge in [-0.05, 0) is 82.7 Å². The normalized spacial score (nSPS) is 14.4. The third-order valence-corrected chi connectivity index (χ3v) is 5.73. The Balaban J connectivity index is 1.76. The van der Waals surface area contributed by atoms with E-state index in [0.717, 1.165) is 16.7 Å². The van der Waals surface area contributed by atoms with Crippen LogP contribution in [0.1, 0.15) is 12.5 Å². The molecule has 0 atom stereocenters. The van der Waals surface area contributed by atoms with Crippen LogP contribution >= 0.6 is 27.7 Å². The predicted octanol–water partition coefficient (Wildman–Crippen LogP) is 4.67. The Kier molecular flexibility index (Phi) is 8.14. The first-order chi connectivity index (χ1) is 15.8. The minimum absolute atomic E-state index is 0.0525.